The molecule has 0 aliphatic carbocycles. The van der Waals surface area contributed by atoms with Crippen LogP contribution in [0.5, 0.6) is 0 Å². The Morgan fingerprint density at radius 2 is 1.95 bits per heavy atom. The molecular formula is C16H21N3O. The van der Waals surface area contributed by atoms with E-state index in [9.17, 15) is 4.79 Å². The molecule has 1 aromatic carbocycles. The average molecular weight is 271 g/mol. The van der Waals surface area contributed by atoms with Crippen LogP contribution in [0.4, 0.5) is 5.82 Å². The quantitative estimate of drug-likeness (QED) is 0.850. The Labute approximate surface area is 119 Å². The van der Waals surface area contributed by atoms with Crippen LogP contribution in [0.15, 0.2) is 30.5 Å². The van der Waals surface area contributed by atoms with Crippen LogP contribution in [0.1, 0.15) is 36.5 Å². The van der Waals surface area contributed by atoms with Crippen LogP contribution in [0, 0.1) is 0 Å². The van der Waals surface area contributed by atoms with Gasteiger partial charge in [-0.15, -0.1) is 0 Å². The Kier molecular flexibility index (Phi) is 4.56. The molecule has 4 heteroatoms. The number of fused-ring (bicyclic) bond motifs is 1. The molecule has 0 radical (unpaired) electrons. The van der Waals surface area contributed by atoms with E-state index in [1.165, 1.54) is 0 Å². The number of carbonyl (C=O) groups excluding carboxylic acids is 1. The smallest absolute Gasteiger partial charge is 0.255 e. The third kappa shape index (κ3) is 2.90. The predicted octanol–water partition coefficient (Wildman–Crippen LogP) is 3.08. The Balaban J connectivity index is 2.28. The zero-order chi connectivity index (χ0) is 14.5. The minimum absolute atomic E-state index is 0.00445. The van der Waals surface area contributed by atoms with Crippen LogP contribution in [-0.2, 0) is 0 Å². The second-order valence-electron chi connectivity index (χ2n) is 5.04. The Morgan fingerprint density at radius 1 is 1.25 bits per heavy atom. The largest absolute Gasteiger partial charge is 0.383 e. The van der Waals surface area contributed by atoms with Gasteiger partial charge < -0.3 is 10.6 Å². The minimum atomic E-state index is 0.00445. The van der Waals surface area contributed by atoms with Gasteiger partial charge in [0.2, 0.25) is 0 Å². The highest BCUT2D eigenvalue weighted by Gasteiger charge is 2.15. The maximum Gasteiger partial charge on any atom is 0.255 e. The number of pyridine rings is 1. The van der Waals surface area contributed by atoms with Gasteiger partial charge in [-0.25, -0.2) is 4.98 Å². The Morgan fingerprint density at radius 3 is 2.65 bits per heavy atom. The maximum atomic E-state index is 12.5. The van der Waals surface area contributed by atoms with Gasteiger partial charge in [-0.3, -0.25) is 4.79 Å². The summed E-state index contributed by atoms with van der Waals surface area (Å²) in [5.74, 6) is 0.468. The first-order chi connectivity index (χ1) is 9.65. The van der Waals surface area contributed by atoms with Gasteiger partial charge in [-0.1, -0.05) is 44.0 Å². The van der Waals surface area contributed by atoms with Gasteiger partial charge in [0.15, 0.2) is 0 Å². The zero-order valence-corrected chi connectivity index (χ0v) is 12.1. The highest BCUT2D eigenvalue weighted by Crippen LogP contribution is 2.23. The molecule has 106 valence electrons. The molecule has 1 heterocycles. The predicted molar refractivity (Wildman–Crippen MR) is 82.6 cm³/mol. The molecule has 0 fully saturated rings. The number of rotatable bonds is 5. The fourth-order valence-electron chi connectivity index (χ4n) is 2.29. The normalized spacial score (nSPS) is 10.7. The molecular weight excluding hydrogens is 250 g/mol. The summed E-state index contributed by atoms with van der Waals surface area (Å²) in [6, 6.07) is 7.63. The van der Waals surface area contributed by atoms with Crippen molar-refractivity contribution in [1.82, 2.24) is 9.88 Å². The molecule has 2 aromatic rings. The molecule has 0 saturated carbocycles. The van der Waals surface area contributed by atoms with E-state index in [1.807, 2.05) is 31.3 Å². The van der Waals surface area contributed by atoms with Crippen molar-refractivity contribution in [2.24, 2.45) is 0 Å². The molecule has 20 heavy (non-hydrogen) atoms. The molecule has 0 aliphatic rings. The van der Waals surface area contributed by atoms with Crippen molar-refractivity contribution in [2.45, 2.75) is 26.2 Å². The van der Waals surface area contributed by atoms with Crippen molar-refractivity contribution in [3.05, 3.63) is 36.0 Å². The zero-order valence-electron chi connectivity index (χ0n) is 12.1. The van der Waals surface area contributed by atoms with Crippen molar-refractivity contribution in [1.29, 1.82) is 0 Å². The van der Waals surface area contributed by atoms with Crippen LogP contribution in [0.3, 0.4) is 0 Å². The summed E-state index contributed by atoms with van der Waals surface area (Å²) >= 11 is 0. The highest BCUT2D eigenvalue weighted by atomic mass is 16.2. The molecule has 2 N–H and O–H groups in total. The Hall–Kier alpha value is -2.10. The second-order valence-corrected chi connectivity index (χ2v) is 5.04. The van der Waals surface area contributed by atoms with Crippen LogP contribution in [-0.4, -0.2) is 29.4 Å². The van der Waals surface area contributed by atoms with Crippen LogP contribution in [0.25, 0.3) is 10.8 Å². The summed E-state index contributed by atoms with van der Waals surface area (Å²) in [6.45, 7) is 2.92. The van der Waals surface area contributed by atoms with Crippen molar-refractivity contribution in [3.63, 3.8) is 0 Å². The number of anilines is 1. The first-order valence-corrected chi connectivity index (χ1v) is 7.03. The monoisotopic (exact) mass is 271 g/mol. The number of hydrogen-bond donors (Lipinski definition) is 1. The molecule has 0 bridgehead atoms. The van der Waals surface area contributed by atoms with E-state index >= 15 is 0 Å². The molecule has 0 saturated heterocycles. The van der Waals surface area contributed by atoms with Crippen molar-refractivity contribution >= 4 is 22.5 Å². The summed E-state index contributed by atoms with van der Waals surface area (Å²) in [6.07, 6.45) is 4.89. The minimum Gasteiger partial charge on any atom is -0.383 e. The van der Waals surface area contributed by atoms with E-state index in [0.29, 0.717) is 11.4 Å². The number of amides is 1. The second kappa shape index (κ2) is 6.37. The van der Waals surface area contributed by atoms with Gasteiger partial charge in [0, 0.05) is 25.2 Å². The number of hydrogen-bond acceptors (Lipinski definition) is 3. The van der Waals surface area contributed by atoms with E-state index in [1.54, 1.807) is 11.1 Å². The number of aromatic nitrogens is 1. The molecule has 1 amide bonds. The first kappa shape index (κ1) is 14.3. The molecule has 4 nitrogen and oxygen atoms in total. The Bertz CT molecular complexity index is 610. The summed E-state index contributed by atoms with van der Waals surface area (Å²) < 4.78 is 0. The maximum absolute atomic E-state index is 12.5. The first-order valence-electron chi connectivity index (χ1n) is 7.03. The van der Waals surface area contributed by atoms with Crippen LogP contribution in [0.2, 0.25) is 0 Å². The van der Waals surface area contributed by atoms with Gasteiger partial charge in [0.1, 0.15) is 5.82 Å². The summed E-state index contributed by atoms with van der Waals surface area (Å²) in [4.78, 5) is 18.4. The van der Waals surface area contributed by atoms with E-state index in [2.05, 4.69) is 11.9 Å². The van der Waals surface area contributed by atoms with E-state index < -0.39 is 0 Å². The van der Waals surface area contributed by atoms with Gasteiger partial charge in [0.25, 0.3) is 5.91 Å². The van der Waals surface area contributed by atoms with E-state index in [4.69, 9.17) is 5.73 Å². The van der Waals surface area contributed by atoms with E-state index in [0.717, 1.165) is 36.6 Å². The highest BCUT2D eigenvalue weighted by molar-refractivity contribution is 6.08. The molecule has 0 atom stereocenters. The van der Waals surface area contributed by atoms with Gasteiger partial charge in [-0.05, 0) is 11.8 Å². The SMILES string of the molecule is CCCCCN(C)C(=O)c1cnc(N)c2ccccc12. The van der Waals surface area contributed by atoms with Gasteiger partial charge in [-0.2, -0.15) is 0 Å². The van der Waals surface area contributed by atoms with Crippen LogP contribution < -0.4 is 5.73 Å². The molecule has 2 rings (SSSR count). The van der Waals surface area contributed by atoms with Gasteiger partial charge >= 0.3 is 0 Å². The topological polar surface area (TPSA) is 59.2 Å². The molecule has 0 aliphatic heterocycles. The lowest BCUT2D eigenvalue weighted by molar-refractivity contribution is 0.0794. The lowest BCUT2D eigenvalue weighted by Gasteiger charge is -2.18. The summed E-state index contributed by atoms with van der Waals surface area (Å²) in [7, 11) is 1.84. The molecule has 1 aromatic heterocycles. The third-order valence-electron chi connectivity index (χ3n) is 3.50. The lowest BCUT2D eigenvalue weighted by atomic mass is 10.1. The third-order valence-corrected chi connectivity index (χ3v) is 3.50. The number of unbranched alkanes of at least 4 members (excludes halogenated alkanes) is 2. The summed E-state index contributed by atoms with van der Waals surface area (Å²) in [5.41, 5.74) is 6.48. The summed E-state index contributed by atoms with van der Waals surface area (Å²) in [5, 5.41) is 1.70. The van der Waals surface area contributed by atoms with Crippen molar-refractivity contribution < 1.29 is 4.79 Å². The molecule has 0 spiro atoms. The number of nitrogens with two attached hydrogens (primary N) is 1. The van der Waals surface area contributed by atoms with Crippen molar-refractivity contribution in [3.8, 4) is 0 Å². The standard InChI is InChI=1S/C16H21N3O/c1-3-4-7-10-19(2)16(20)14-11-18-15(17)13-9-6-5-8-12(13)14/h5-6,8-9,11H,3-4,7,10H2,1-2H3,(H2,17,18). The molecule has 0 unspecified atom stereocenters. The fourth-order valence-corrected chi connectivity index (χ4v) is 2.29. The number of nitrogen functional groups attached to an aromatic ring is 1. The average Bonchev–Trinajstić information content (AvgIpc) is 2.47. The number of benzene rings is 1. The fraction of sp³-hybridized carbons (Fsp3) is 0.375. The lowest BCUT2D eigenvalue weighted by Crippen LogP contribution is -2.28. The van der Waals surface area contributed by atoms with Gasteiger partial charge in [0.05, 0.1) is 5.56 Å². The van der Waals surface area contributed by atoms with Crippen LogP contribution >= 0.6 is 0 Å². The van der Waals surface area contributed by atoms with Crippen molar-refractivity contribution in [2.75, 3.05) is 19.3 Å². The number of nitrogens with zero attached hydrogens (tertiary/aromatic N) is 2. The number of carbonyl (C=O) groups is 1. The van der Waals surface area contributed by atoms with E-state index in [-0.39, 0.29) is 5.91 Å².